The summed E-state index contributed by atoms with van der Waals surface area (Å²) < 4.78 is 15.8. The van der Waals surface area contributed by atoms with Crippen LogP contribution in [0.2, 0.25) is 0 Å². The second-order valence-electron chi connectivity index (χ2n) is 6.29. The van der Waals surface area contributed by atoms with Crippen molar-refractivity contribution in [3.8, 4) is 11.3 Å². The summed E-state index contributed by atoms with van der Waals surface area (Å²) in [4.78, 5) is 4.34. The molecule has 5 heteroatoms. The molecule has 1 N–H and O–H groups in total. The fourth-order valence-corrected chi connectivity index (χ4v) is 3.12. The molecular weight excluding hydrogens is 327 g/mol. The van der Waals surface area contributed by atoms with Gasteiger partial charge < -0.3 is 5.32 Å². The van der Waals surface area contributed by atoms with E-state index >= 15 is 0 Å². The van der Waals surface area contributed by atoms with Gasteiger partial charge in [0.05, 0.1) is 11.2 Å². The predicted molar refractivity (Wildman–Crippen MR) is 101 cm³/mol. The third-order valence-electron chi connectivity index (χ3n) is 4.35. The first kappa shape index (κ1) is 16.4. The summed E-state index contributed by atoms with van der Waals surface area (Å²) in [6, 6.07) is 17.0. The lowest BCUT2D eigenvalue weighted by Gasteiger charge is -2.07. The molecule has 2 aromatic carbocycles. The van der Waals surface area contributed by atoms with Crippen LogP contribution >= 0.6 is 0 Å². The van der Waals surface area contributed by atoms with Gasteiger partial charge in [-0.25, -0.2) is 4.39 Å². The summed E-state index contributed by atoms with van der Waals surface area (Å²) in [5.74, 6) is -0.255. The third kappa shape index (κ3) is 3.34. The van der Waals surface area contributed by atoms with Crippen molar-refractivity contribution in [3.63, 3.8) is 0 Å². The van der Waals surface area contributed by atoms with E-state index in [1.165, 1.54) is 11.6 Å². The van der Waals surface area contributed by atoms with Crippen LogP contribution in [0.15, 0.2) is 67.0 Å². The van der Waals surface area contributed by atoms with Crippen molar-refractivity contribution >= 4 is 10.9 Å². The standard InChI is InChI=1S/C21H19FN4/c1-26-14-17(21(25-26)18-6-2-3-7-19(18)22)13-23-12-15-8-9-20-16(11-15)5-4-10-24-20/h2-11,14,23H,12-13H2,1H3. The number of pyridine rings is 1. The molecular formula is C21H19FN4. The van der Waals surface area contributed by atoms with Crippen LogP contribution in [0, 0.1) is 5.82 Å². The number of rotatable bonds is 5. The van der Waals surface area contributed by atoms with Crippen LogP contribution < -0.4 is 5.32 Å². The molecule has 2 aromatic heterocycles. The van der Waals surface area contributed by atoms with Gasteiger partial charge in [-0.3, -0.25) is 9.67 Å². The van der Waals surface area contributed by atoms with Gasteiger partial charge in [0.2, 0.25) is 0 Å². The normalized spacial score (nSPS) is 11.2. The van der Waals surface area contributed by atoms with Crippen molar-refractivity contribution in [1.82, 2.24) is 20.1 Å². The number of hydrogen-bond donors (Lipinski definition) is 1. The number of halogens is 1. The van der Waals surface area contributed by atoms with Gasteiger partial charge in [-0.05, 0) is 35.9 Å². The molecule has 0 aliphatic carbocycles. The number of aryl methyl sites for hydroxylation is 1. The Morgan fingerprint density at radius 1 is 1.04 bits per heavy atom. The minimum atomic E-state index is -0.255. The van der Waals surface area contributed by atoms with E-state index < -0.39 is 0 Å². The Morgan fingerprint density at radius 2 is 1.92 bits per heavy atom. The monoisotopic (exact) mass is 346 g/mol. The molecule has 0 aliphatic rings. The van der Waals surface area contributed by atoms with Gasteiger partial charge in [0.15, 0.2) is 0 Å². The summed E-state index contributed by atoms with van der Waals surface area (Å²) in [6.45, 7) is 1.33. The number of nitrogens with one attached hydrogen (secondary N) is 1. The summed E-state index contributed by atoms with van der Waals surface area (Å²) in [5.41, 5.74) is 4.36. The Hall–Kier alpha value is -3.05. The van der Waals surface area contributed by atoms with Gasteiger partial charge in [-0.1, -0.05) is 24.3 Å². The molecule has 2 heterocycles. The first-order valence-corrected chi connectivity index (χ1v) is 8.52. The summed E-state index contributed by atoms with van der Waals surface area (Å²) in [6.07, 6.45) is 3.73. The van der Waals surface area contributed by atoms with E-state index in [0.29, 0.717) is 17.8 Å². The molecule has 0 saturated heterocycles. The van der Waals surface area contributed by atoms with Gasteiger partial charge in [-0.15, -0.1) is 0 Å². The van der Waals surface area contributed by atoms with Crippen LogP contribution in [-0.4, -0.2) is 14.8 Å². The molecule has 130 valence electrons. The van der Waals surface area contributed by atoms with Crippen molar-refractivity contribution in [1.29, 1.82) is 0 Å². The molecule has 0 fully saturated rings. The predicted octanol–water partition coefficient (Wildman–Crippen LogP) is 4.06. The number of benzene rings is 2. The number of fused-ring (bicyclic) bond motifs is 1. The lowest BCUT2D eigenvalue weighted by atomic mass is 10.1. The average molecular weight is 346 g/mol. The quantitative estimate of drug-likeness (QED) is 0.592. The number of nitrogens with zero attached hydrogens (tertiary/aromatic N) is 3. The number of aromatic nitrogens is 3. The van der Waals surface area contributed by atoms with Gasteiger partial charge in [0, 0.05) is 49.0 Å². The molecule has 26 heavy (non-hydrogen) atoms. The molecule has 4 rings (SSSR count). The zero-order chi connectivity index (χ0) is 17.9. The first-order valence-electron chi connectivity index (χ1n) is 8.52. The smallest absolute Gasteiger partial charge is 0.132 e. The zero-order valence-electron chi connectivity index (χ0n) is 14.5. The van der Waals surface area contributed by atoms with Crippen LogP contribution in [0.25, 0.3) is 22.2 Å². The van der Waals surface area contributed by atoms with E-state index in [4.69, 9.17) is 0 Å². The van der Waals surface area contributed by atoms with Crippen molar-refractivity contribution in [3.05, 3.63) is 83.9 Å². The Kier molecular flexibility index (Phi) is 4.46. The van der Waals surface area contributed by atoms with E-state index in [0.717, 1.165) is 23.0 Å². The molecule has 0 unspecified atom stereocenters. The Balaban J connectivity index is 1.50. The maximum absolute atomic E-state index is 14.1. The fourth-order valence-electron chi connectivity index (χ4n) is 3.12. The van der Waals surface area contributed by atoms with E-state index in [9.17, 15) is 4.39 Å². The fraction of sp³-hybridized carbons (Fsp3) is 0.143. The molecule has 0 amide bonds. The maximum Gasteiger partial charge on any atom is 0.132 e. The minimum Gasteiger partial charge on any atom is -0.308 e. The lowest BCUT2D eigenvalue weighted by Crippen LogP contribution is -2.13. The van der Waals surface area contributed by atoms with Gasteiger partial charge in [-0.2, -0.15) is 5.10 Å². The summed E-state index contributed by atoms with van der Waals surface area (Å²) in [5, 5.41) is 8.99. The van der Waals surface area contributed by atoms with Crippen molar-refractivity contribution in [2.24, 2.45) is 7.05 Å². The summed E-state index contributed by atoms with van der Waals surface area (Å²) >= 11 is 0. The topological polar surface area (TPSA) is 42.7 Å². The third-order valence-corrected chi connectivity index (χ3v) is 4.35. The van der Waals surface area contributed by atoms with E-state index in [1.54, 1.807) is 23.0 Å². The SMILES string of the molecule is Cn1cc(CNCc2ccc3ncccc3c2)c(-c2ccccc2F)n1. The highest BCUT2D eigenvalue weighted by molar-refractivity contribution is 5.78. The molecule has 0 atom stereocenters. The lowest BCUT2D eigenvalue weighted by molar-refractivity contribution is 0.629. The van der Waals surface area contributed by atoms with Crippen molar-refractivity contribution in [2.45, 2.75) is 13.1 Å². The van der Waals surface area contributed by atoms with Gasteiger partial charge in [0.1, 0.15) is 5.82 Å². The largest absolute Gasteiger partial charge is 0.308 e. The van der Waals surface area contributed by atoms with Crippen LogP contribution in [0.5, 0.6) is 0 Å². The highest BCUT2D eigenvalue weighted by Crippen LogP contribution is 2.24. The summed E-state index contributed by atoms with van der Waals surface area (Å²) in [7, 11) is 1.85. The Bertz CT molecular complexity index is 1050. The first-order chi connectivity index (χ1) is 12.7. The molecule has 0 saturated carbocycles. The maximum atomic E-state index is 14.1. The van der Waals surface area contributed by atoms with Crippen molar-refractivity contribution in [2.75, 3.05) is 0 Å². The van der Waals surface area contributed by atoms with Crippen molar-refractivity contribution < 1.29 is 4.39 Å². The number of hydrogen-bond acceptors (Lipinski definition) is 3. The van der Waals surface area contributed by atoms with Gasteiger partial charge >= 0.3 is 0 Å². The van der Waals surface area contributed by atoms with Gasteiger partial charge in [0.25, 0.3) is 0 Å². The zero-order valence-corrected chi connectivity index (χ0v) is 14.5. The van der Waals surface area contributed by atoms with E-state index in [1.807, 2.05) is 31.4 Å². The molecule has 4 nitrogen and oxygen atoms in total. The molecule has 0 aliphatic heterocycles. The molecule has 0 radical (unpaired) electrons. The highest BCUT2D eigenvalue weighted by atomic mass is 19.1. The van der Waals surface area contributed by atoms with Crippen LogP contribution in [-0.2, 0) is 20.1 Å². The Labute approximate surface area is 151 Å². The Morgan fingerprint density at radius 3 is 2.81 bits per heavy atom. The molecule has 0 bridgehead atoms. The van der Waals surface area contributed by atoms with E-state index in [2.05, 4.69) is 33.6 Å². The van der Waals surface area contributed by atoms with Crippen LogP contribution in [0.4, 0.5) is 4.39 Å². The van der Waals surface area contributed by atoms with Crippen LogP contribution in [0.3, 0.4) is 0 Å². The molecule has 4 aromatic rings. The second-order valence-corrected chi connectivity index (χ2v) is 6.29. The highest BCUT2D eigenvalue weighted by Gasteiger charge is 2.13. The minimum absolute atomic E-state index is 0.255. The molecule has 0 spiro atoms. The average Bonchev–Trinajstić information content (AvgIpc) is 3.02. The second kappa shape index (κ2) is 7.06. The van der Waals surface area contributed by atoms with E-state index in [-0.39, 0.29) is 5.82 Å². The van der Waals surface area contributed by atoms with Crippen LogP contribution in [0.1, 0.15) is 11.1 Å².